The lowest BCUT2D eigenvalue weighted by Gasteiger charge is -1.97. The maximum Gasteiger partial charge on any atom is 0.305 e. The van der Waals surface area contributed by atoms with Gasteiger partial charge in [0.15, 0.2) is 0 Å². The third-order valence-electron chi connectivity index (χ3n) is 4.12. The van der Waals surface area contributed by atoms with Crippen molar-refractivity contribution in [2.75, 3.05) is 7.11 Å². The minimum Gasteiger partial charge on any atom is -0.481 e. The van der Waals surface area contributed by atoms with Gasteiger partial charge < -0.3 is 9.84 Å². The zero-order valence-electron chi connectivity index (χ0n) is 19.3. The molecule has 0 saturated heterocycles. The first kappa shape index (κ1) is 32.0. The molecule has 0 atom stereocenters. The average molecular weight is 419 g/mol. The fraction of sp³-hybridized carbons (Fsp3) is 0.864. The molecular weight excluding hydrogens is 372 g/mol. The van der Waals surface area contributed by atoms with Crippen molar-refractivity contribution in [1.29, 1.82) is 0 Å². The lowest BCUT2D eigenvalue weighted by molar-refractivity contribution is -0.141. The predicted molar refractivity (Wildman–Crippen MR) is 118 cm³/mol. The van der Waals surface area contributed by atoms with E-state index in [1.165, 1.54) is 39.2 Å². The van der Waals surface area contributed by atoms with Gasteiger partial charge in [-0.2, -0.15) is 0 Å². The van der Waals surface area contributed by atoms with E-state index in [1.807, 2.05) is 0 Å². The third-order valence-corrected chi connectivity index (χ3v) is 4.12. The summed E-state index contributed by atoms with van der Waals surface area (Å²) in [5.74, 6) is 4.07. The normalized spacial score (nSPS) is 9.41. The molecule has 0 aromatic rings. The van der Waals surface area contributed by atoms with Crippen molar-refractivity contribution in [3.8, 4) is 0 Å². The highest BCUT2D eigenvalue weighted by atomic mass is 16.5. The Kier molecular flexibility index (Phi) is 31.6. The van der Waals surface area contributed by atoms with E-state index in [2.05, 4.69) is 30.9 Å². The first-order chi connectivity index (χ1) is 13.9. The molecule has 174 valence electrons. The highest BCUT2D eigenvalue weighted by Gasteiger charge is 1.97. The first-order valence-corrected chi connectivity index (χ1v) is 11.2. The van der Waals surface area contributed by atoms with Crippen molar-refractivity contribution < 1.29 is 24.2 Å². The highest BCUT2D eigenvalue weighted by Crippen LogP contribution is 2.03. The number of methoxy groups -OCH3 is 1. The zero-order chi connectivity index (χ0) is 22.8. The van der Waals surface area contributed by atoms with E-state index in [4.69, 9.17) is 10.9 Å². The highest BCUT2D eigenvalue weighted by molar-refractivity contribution is 5.75. The summed E-state index contributed by atoms with van der Waals surface area (Å²) in [6.07, 6.45) is 14.7. The molecule has 0 aliphatic rings. The molecule has 0 radical (unpaired) electrons. The number of rotatable bonds is 15. The minimum absolute atomic E-state index is 0.0592. The Balaban J connectivity index is -0.000000350. The van der Waals surface area contributed by atoms with Crippen molar-refractivity contribution >= 4 is 17.8 Å². The van der Waals surface area contributed by atoms with Gasteiger partial charge in [-0.25, -0.2) is 5.84 Å². The number of aliphatic carboxylic acids is 1. The molecule has 29 heavy (non-hydrogen) atoms. The van der Waals surface area contributed by atoms with Crippen LogP contribution in [0.1, 0.15) is 117 Å². The van der Waals surface area contributed by atoms with E-state index in [1.54, 1.807) is 0 Å². The molecule has 7 nitrogen and oxygen atoms in total. The zero-order valence-corrected chi connectivity index (χ0v) is 19.3. The number of hydrogen-bond donors (Lipinski definition) is 3. The fourth-order valence-corrected chi connectivity index (χ4v) is 2.29. The molecule has 0 saturated carbocycles. The number of nitrogens with one attached hydrogen (secondary N) is 1. The Morgan fingerprint density at radius 1 is 0.724 bits per heavy atom. The standard InChI is InChI=1S/C8H16O2.C7H16N2O.C7H14O2/c1-3-4-5-6-7-8(9)10-2;1-2-3-4-5-6-7(10)9-8;1-2-3-4-5-6-7(8)9/h3-7H2,1-2H3;2-6,8H2,1H3,(H,9,10);2-6H2,1H3,(H,8,9). The topological polar surface area (TPSA) is 119 Å². The van der Waals surface area contributed by atoms with Crippen molar-refractivity contribution in [2.24, 2.45) is 5.84 Å². The molecule has 1 amide bonds. The summed E-state index contributed by atoms with van der Waals surface area (Å²) in [6, 6.07) is 0. The van der Waals surface area contributed by atoms with Crippen LogP contribution < -0.4 is 11.3 Å². The summed E-state index contributed by atoms with van der Waals surface area (Å²) in [7, 11) is 1.43. The van der Waals surface area contributed by atoms with Crippen molar-refractivity contribution in [1.82, 2.24) is 5.43 Å². The maximum atomic E-state index is 10.6. The van der Waals surface area contributed by atoms with Gasteiger partial charge in [-0.05, 0) is 19.3 Å². The van der Waals surface area contributed by atoms with Gasteiger partial charge in [-0.1, -0.05) is 78.6 Å². The number of nitrogens with two attached hydrogens (primary N) is 1. The Morgan fingerprint density at radius 3 is 1.48 bits per heavy atom. The Morgan fingerprint density at radius 2 is 1.14 bits per heavy atom. The molecule has 0 aliphatic carbocycles. The van der Waals surface area contributed by atoms with Gasteiger partial charge in [0.25, 0.3) is 0 Å². The summed E-state index contributed by atoms with van der Waals surface area (Å²) in [6.45, 7) is 6.40. The summed E-state index contributed by atoms with van der Waals surface area (Å²) in [5.41, 5.74) is 2.10. The van der Waals surface area contributed by atoms with Crippen LogP contribution in [0.4, 0.5) is 0 Å². The lowest BCUT2D eigenvalue weighted by Crippen LogP contribution is -2.29. The van der Waals surface area contributed by atoms with Crippen LogP contribution in [0.15, 0.2) is 0 Å². The minimum atomic E-state index is -0.675. The van der Waals surface area contributed by atoms with Gasteiger partial charge in [0.1, 0.15) is 0 Å². The molecule has 0 heterocycles. The average Bonchev–Trinajstić information content (AvgIpc) is 2.72. The maximum absolute atomic E-state index is 10.6. The molecule has 0 bridgehead atoms. The van der Waals surface area contributed by atoms with Gasteiger partial charge in [0.05, 0.1) is 7.11 Å². The number of carboxylic acid groups (broad SMARTS) is 1. The number of carboxylic acids is 1. The van der Waals surface area contributed by atoms with E-state index in [-0.39, 0.29) is 11.9 Å². The first-order valence-electron chi connectivity index (χ1n) is 11.2. The number of amides is 1. The van der Waals surface area contributed by atoms with Gasteiger partial charge in [-0.3, -0.25) is 19.8 Å². The Labute approximate surface area is 178 Å². The Hall–Kier alpha value is -1.63. The molecule has 4 N–H and O–H groups in total. The van der Waals surface area contributed by atoms with Crippen molar-refractivity contribution in [3.05, 3.63) is 0 Å². The van der Waals surface area contributed by atoms with Crippen LogP contribution in [-0.4, -0.2) is 30.1 Å². The molecular formula is C22H46N2O5. The van der Waals surface area contributed by atoms with Crippen molar-refractivity contribution in [3.63, 3.8) is 0 Å². The van der Waals surface area contributed by atoms with Crippen LogP contribution in [0.25, 0.3) is 0 Å². The number of hydrogen-bond acceptors (Lipinski definition) is 5. The lowest BCUT2D eigenvalue weighted by atomic mass is 10.1. The number of unbranched alkanes of at least 4 members (excludes halogenated alkanes) is 9. The predicted octanol–water partition coefficient (Wildman–Crippen LogP) is 5.12. The molecule has 0 spiro atoms. The number of carbonyl (C=O) groups excluding carboxylic acids is 2. The molecule has 0 aromatic heterocycles. The molecule has 0 fully saturated rings. The second kappa shape index (κ2) is 28.6. The second-order valence-corrected chi connectivity index (χ2v) is 6.97. The molecule has 0 aromatic carbocycles. The van der Waals surface area contributed by atoms with Gasteiger partial charge >= 0.3 is 11.9 Å². The monoisotopic (exact) mass is 418 g/mol. The molecule has 0 rings (SSSR count). The number of hydrazine groups is 1. The van der Waals surface area contributed by atoms with E-state index in [9.17, 15) is 14.4 Å². The van der Waals surface area contributed by atoms with E-state index in [0.717, 1.165) is 44.9 Å². The van der Waals surface area contributed by atoms with Crippen LogP contribution in [0, 0.1) is 0 Å². The molecule has 0 aliphatic heterocycles. The number of carbonyl (C=O) groups is 3. The molecule has 7 heteroatoms. The summed E-state index contributed by atoms with van der Waals surface area (Å²) >= 11 is 0. The largest absolute Gasteiger partial charge is 0.481 e. The SMILES string of the molecule is CCCCCCC(=O)NN.CCCCCCC(=O)O.CCCCCCC(=O)OC. The van der Waals surface area contributed by atoms with E-state index < -0.39 is 5.97 Å². The molecule has 0 unspecified atom stereocenters. The Bertz CT molecular complexity index is 352. The smallest absolute Gasteiger partial charge is 0.305 e. The van der Waals surface area contributed by atoms with Gasteiger partial charge in [-0.15, -0.1) is 0 Å². The summed E-state index contributed by atoms with van der Waals surface area (Å²) in [4.78, 5) is 31.1. The van der Waals surface area contributed by atoms with E-state index >= 15 is 0 Å². The fourth-order valence-electron chi connectivity index (χ4n) is 2.29. The van der Waals surface area contributed by atoms with Crippen LogP contribution in [0.5, 0.6) is 0 Å². The van der Waals surface area contributed by atoms with Crippen LogP contribution in [-0.2, 0) is 19.1 Å². The number of ether oxygens (including phenoxy) is 1. The van der Waals surface area contributed by atoms with Crippen LogP contribution in [0.2, 0.25) is 0 Å². The quantitative estimate of drug-likeness (QED) is 0.112. The van der Waals surface area contributed by atoms with E-state index in [0.29, 0.717) is 19.3 Å². The third kappa shape index (κ3) is 37.7. The second-order valence-electron chi connectivity index (χ2n) is 6.97. The van der Waals surface area contributed by atoms with Gasteiger partial charge in [0.2, 0.25) is 5.91 Å². The summed E-state index contributed by atoms with van der Waals surface area (Å²) in [5, 5.41) is 8.21. The van der Waals surface area contributed by atoms with Gasteiger partial charge in [0, 0.05) is 19.3 Å². The van der Waals surface area contributed by atoms with Crippen LogP contribution in [0.3, 0.4) is 0 Å². The van der Waals surface area contributed by atoms with Crippen LogP contribution >= 0.6 is 0 Å². The number of esters is 1. The summed E-state index contributed by atoms with van der Waals surface area (Å²) < 4.78 is 4.49. The van der Waals surface area contributed by atoms with Crippen molar-refractivity contribution in [2.45, 2.75) is 117 Å².